The lowest BCUT2D eigenvalue weighted by Crippen LogP contribution is -2.36. The van der Waals surface area contributed by atoms with Crippen LogP contribution in [0.15, 0.2) is 85.5 Å². The number of hydrogen-bond donors (Lipinski definition) is 2. The Morgan fingerprint density at radius 2 is 1.91 bits per heavy atom. The molecule has 1 amide bonds. The number of aromatic nitrogens is 2. The van der Waals surface area contributed by atoms with E-state index in [-0.39, 0.29) is 11.3 Å². The number of aliphatic hydroxyl groups is 1. The summed E-state index contributed by atoms with van der Waals surface area (Å²) in [5.41, 5.74) is 2.40. The van der Waals surface area contributed by atoms with E-state index in [4.69, 9.17) is 4.74 Å². The average Bonchev–Trinajstić information content (AvgIpc) is 3.45. The van der Waals surface area contributed by atoms with Gasteiger partial charge < -0.3 is 14.7 Å². The van der Waals surface area contributed by atoms with Crippen molar-refractivity contribution in [1.29, 1.82) is 0 Å². The standard InChI is InChI=1S/C27H27N3O4/c1-3-17-34-22-11-9-21(10-12-22)25(31)23-24(20-7-5-19(2)6-8-20)30(27(33)26(23)32)15-4-14-29-16-13-28-18-29/h3,5-13,16,18,24H,1,4,14-15,17H2,2H3,(H,31,32)/p+1. The summed E-state index contributed by atoms with van der Waals surface area (Å²) in [5.74, 6) is -0.850. The number of likely N-dealkylation sites (tertiary alicyclic amines) is 1. The number of carbonyl (C=O) groups is 2. The van der Waals surface area contributed by atoms with Gasteiger partial charge in [-0.15, -0.1) is 0 Å². The maximum Gasteiger partial charge on any atom is 0.295 e. The minimum atomic E-state index is -0.677. The highest BCUT2D eigenvalue weighted by molar-refractivity contribution is 6.46. The lowest BCUT2D eigenvalue weighted by molar-refractivity contribution is -0.695. The Kier molecular flexibility index (Phi) is 6.92. The Bertz CT molecular complexity index is 1200. The van der Waals surface area contributed by atoms with Crippen LogP contribution in [0, 0.1) is 6.92 Å². The molecule has 1 unspecified atom stereocenters. The first kappa shape index (κ1) is 23.0. The first-order valence-corrected chi connectivity index (χ1v) is 11.2. The number of aryl methyl sites for hydroxylation is 2. The predicted molar refractivity (Wildman–Crippen MR) is 128 cm³/mol. The number of amides is 1. The van der Waals surface area contributed by atoms with Crippen molar-refractivity contribution in [2.75, 3.05) is 13.2 Å². The van der Waals surface area contributed by atoms with Crippen LogP contribution in [0.1, 0.15) is 29.2 Å². The van der Waals surface area contributed by atoms with E-state index in [9.17, 15) is 14.7 Å². The minimum absolute atomic E-state index is 0.0999. The summed E-state index contributed by atoms with van der Waals surface area (Å²) < 4.78 is 7.48. The normalized spacial score (nSPS) is 17.2. The molecule has 0 bridgehead atoms. The zero-order valence-corrected chi connectivity index (χ0v) is 19.1. The van der Waals surface area contributed by atoms with E-state index in [2.05, 4.69) is 11.6 Å². The molecule has 0 spiro atoms. The van der Waals surface area contributed by atoms with Gasteiger partial charge in [-0.05, 0) is 36.8 Å². The Balaban J connectivity index is 1.68. The zero-order chi connectivity index (χ0) is 24.1. The highest BCUT2D eigenvalue weighted by atomic mass is 16.5. The average molecular weight is 459 g/mol. The molecule has 0 aliphatic carbocycles. The summed E-state index contributed by atoms with van der Waals surface area (Å²) in [6.07, 6.45) is 7.88. The number of aliphatic hydroxyl groups excluding tert-OH is 1. The molecule has 3 aromatic rings. The van der Waals surface area contributed by atoms with Crippen molar-refractivity contribution in [3.8, 4) is 5.75 Å². The summed E-state index contributed by atoms with van der Waals surface area (Å²) >= 11 is 0. The van der Waals surface area contributed by atoms with E-state index in [1.165, 1.54) is 0 Å². The van der Waals surface area contributed by atoms with Crippen LogP contribution in [-0.4, -0.2) is 39.8 Å². The fourth-order valence-electron chi connectivity index (χ4n) is 4.11. The maximum absolute atomic E-state index is 13.1. The second-order valence-electron chi connectivity index (χ2n) is 8.23. The van der Waals surface area contributed by atoms with Crippen molar-refractivity contribution in [3.63, 3.8) is 0 Å². The topological polar surface area (TPSA) is 86.5 Å². The SMILES string of the molecule is C=CCOc1ccc(/C(O)=C2\C(=O)C(=O)N(CCC[n+]3cc[nH]c3)C2c2ccc(C)cc2)cc1. The van der Waals surface area contributed by atoms with Gasteiger partial charge >= 0.3 is 0 Å². The van der Waals surface area contributed by atoms with Crippen molar-refractivity contribution in [1.82, 2.24) is 9.88 Å². The van der Waals surface area contributed by atoms with E-state index in [0.29, 0.717) is 37.4 Å². The van der Waals surface area contributed by atoms with Crippen LogP contribution in [0.5, 0.6) is 5.75 Å². The smallest absolute Gasteiger partial charge is 0.295 e. The molecule has 1 aromatic heterocycles. The van der Waals surface area contributed by atoms with Gasteiger partial charge in [0.05, 0.1) is 18.2 Å². The van der Waals surface area contributed by atoms with Gasteiger partial charge in [0.1, 0.15) is 30.5 Å². The molecule has 174 valence electrons. The summed E-state index contributed by atoms with van der Waals surface area (Å²) in [5, 5.41) is 11.2. The molecular weight excluding hydrogens is 430 g/mol. The zero-order valence-electron chi connectivity index (χ0n) is 19.1. The molecule has 7 nitrogen and oxygen atoms in total. The molecule has 0 saturated carbocycles. The Morgan fingerprint density at radius 1 is 1.18 bits per heavy atom. The molecular formula is C27H28N3O4+. The van der Waals surface area contributed by atoms with E-state index >= 15 is 0 Å². The van der Waals surface area contributed by atoms with Crippen molar-refractivity contribution in [2.45, 2.75) is 25.9 Å². The summed E-state index contributed by atoms with van der Waals surface area (Å²) in [7, 11) is 0. The Labute approximate surface area is 198 Å². The molecule has 2 N–H and O–H groups in total. The summed E-state index contributed by atoms with van der Waals surface area (Å²) in [6.45, 7) is 7.04. The van der Waals surface area contributed by atoms with Crippen LogP contribution in [-0.2, 0) is 16.1 Å². The van der Waals surface area contributed by atoms with Gasteiger partial charge in [-0.2, -0.15) is 0 Å². The van der Waals surface area contributed by atoms with Crippen molar-refractivity contribution < 1.29 is 24.0 Å². The summed E-state index contributed by atoms with van der Waals surface area (Å²) in [4.78, 5) is 30.7. The number of nitrogens with one attached hydrogen (secondary N) is 1. The number of benzene rings is 2. The number of carbonyl (C=O) groups excluding carboxylic acids is 2. The predicted octanol–water partition coefficient (Wildman–Crippen LogP) is 3.69. The number of ketones is 1. The number of nitrogens with zero attached hydrogens (tertiary/aromatic N) is 2. The van der Waals surface area contributed by atoms with Gasteiger partial charge in [-0.1, -0.05) is 42.5 Å². The fraction of sp³-hybridized carbons (Fsp3) is 0.222. The molecule has 34 heavy (non-hydrogen) atoms. The Hall–Kier alpha value is -4.13. The van der Waals surface area contributed by atoms with Gasteiger partial charge in [0, 0.05) is 18.5 Å². The highest BCUT2D eigenvalue weighted by Crippen LogP contribution is 2.39. The van der Waals surface area contributed by atoms with Crippen LogP contribution in [0.4, 0.5) is 0 Å². The molecule has 1 atom stereocenters. The van der Waals surface area contributed by atoms with Gasteiger partial charge in [0.25, 0.3) is 11.7 Å². The third-order valence-corrected chi connectivity index (χ3v) is 5.85. The second-order valence-corrected chi connectivity index (χ2v) is 8.23. The van der Waals surface area contributed by atoms with Crippen LogP contribution in [0.25, 0.3) is 5.76 Å². The van der Waals surface area contributed by atoms with Crippen molar-refractivity contribution in [2.24, 2.45) is 0 Å². The summed E-state index contributed by atoms with van der Waals surface area (Å²) in [6, 6.07) is 13.8. The molecule has 1 saturated heterocycles. The van der Waals surface area contributed by atoms with Crippen molar-refractivity contribution in [3.05, 3.63) is 102 Å². The molecule has 2 aromatic carbocycles. The molecule has 1 aliphatic heterocycles. The molecule has 2 heterocycles. The van der Waals surface area contributed by atoms with Crippen LogP contribution in [0.3, 0.4) is 0 Å². The van der Waals surface area contributed by atoms with E-state index < -0.39 is 17.7 Å². The molecule has 7 heteroatoms. The van der Waals surface area contributed by atoms with Crippen LogP contribution < -0.4 is 9.30 Å². The lowest BCUT2D eigenvalue weighted by atomic mass is 9.94. The molecule has 1 fully saturated rings. The second kappa shape index (κ2) is 10.2. The van der Waals surface area contributed by atoms with Gasteiger partial charge in [0.15, 0.2) is 0 Å². The van der Waals surface area contributed by atoms with E-state index in [0.717, 1.165) is 11.1 Å². The highest BCUT2D eigenvalue weighted by Gasteiger charge is 2.45. The van der Waals surface area contributed by atoms with E-state index in [1.54, 1.807) is 35.2 Å². The van der Waals surface area contributed by atoms with Gasteiger partial charge in [-0.25, -0.2) is 4.57 Å². The van der Waals surface area contributed by atoms with Crippen LogP contribution >= 0.6 is 0 Å². The van der Waals surface area contributed by atoms with Crippen molar-refractivity contribution >= 4 is 17.4 Å². The quantitative estimate of drug-likeness (QED) is 0.168. The lowest BCUT2D eigenvalue weighted by Gasteiger charge is -2.25. The van der Waals surface area contributed by atoms with Gasteiger partial charge in [-0.3, -0.25) is 14.6 Å². The first-order valence-electron chi connectivity index (χ1n) is 11.2. The number of ether oxygens (including phenoxy) is 1. The number of imidazole rings is 1. The number of aromatic amines is 1. The molecule has 4 rings (SSSR count). The number of hydrogen-bond acceptors (Lipinski definition) is 4. The largest absolute Gasteiger partial charge is 0.507 e. The van der Waals surface area contributed by atoms with Crippen LogP contribution in [0.2, 0.25) is 0 Å². The van der Waals surface area contributed by atoms with Gasteiger partial charge in [0.2, 0.25) is 6.33 Å². The third kappa shape index (κ3) is 4.78. The number of Topliss-reactive ketones (excluding diaryl/α,β-unsaturated/α-hetero) is 1. The minimum Gasteiger partial charge on any atom is -0.507 e. The molecule has 1 aliphatic rings. The maximum atomic E-state index is 13.1. The molecule has 0 radical (unpaired) electrons. The number of rotatable bonds is 9. The van der Waals surface area contributed by atoms with E-state index in [1.807, 2.05) is 54.5 Å². The fourth-order valence-corrected chi connectivity index (χ4v) is 4.11. The monoisotopic (exact) mass is 458 g/mol. The number of H-pyrrole nitrogens is 1. The first-order chi connectivity index (χ1) is 16.5. The Morgan fingerprint density at radius 3 is 2.56 bits per heavy atom. The third-order valence-electron chi connectivity index (χ3n) is 5.85.